The summed E-state index contributed by atoms with van der Waals surface area (Å²) in [7, 11) is 0. The van der Waals surface area contributed by atoms with E-state index in [2.05, 4.69) is 136 Å². The van der Waals surface area contributed by atoms with E-state index in [0.29, 0.717) is 11.8 Å². The summed E-state index contributed by atoms with van der Waals surface area (Å²) in [5, 5.41) is 2.38. The Labute approximate surface area is 283 Å². The van der Waals surface area contributed by atoms with Gasteiger partial charge in [0.15, 0.2) is 0 Å². The summed E-state index contributed by atoms with van der Waals surface area (Å²) in [6.45, 7) is 11.0. The van der Waals surface area contributed by atoms with E-state index in [1.54, 1.807) is 0 Å². The molecule has 4 aromatic carbocycles. The SMILES string of the molecule is Cc1cc(Oc2ccc3c4cc(C)ccc4n(-c4cc(C(C)(C)C)ccn4)c3c2)cc(C2=N[C@H](C3CCCC3)[C@H](c3ccccc3)O2)c1. The van der Waals surface area contributed by atoms with Crippen molar-refractivity contribution in [2.45, 2.75) is 77.9 Å². The molecular weight excluding hydrogens is 590 g/mol. The minimum Gasteiger partial charge on any atom is -0.467 e. The smallest absolute Gasteiger partial charge is 0.217 e. The van der Waals surface area contributed by atoms with Crippen LogP contribution in [0.15, 0.2) is 108 Å². The van der Waals surface area contributed by atoms with Gasteiger partial charge in [0.05, 0.1) is 17.1 Å². The molecule has 1 aliphatic heterocycles. The molecule has 0 radical (unpaired) electrons. The molecule has 2 aliphatic rings. The number of aliphatic imine (C=N–C) groups is 1. The second-order valence-electron chi connectivity index (χ2n) is 14.7. The Bertz CT molecular complexity index is 2170. The number of ether oxygens (including phenoxy) is 2. The maximum atomic E-state index is 6.70. The van der Waals surface area contributed by atoms with Crippen LogP contribution in [0.1, 0.15) is 80.4 Å². The highest BCUT2D eigenvalue weighted by Gasteiger charge is 2.39. The van der Waals surface area contributed by atoms with E-state index < -0.39 is 0 Å². The van der Waals surface area contributed by atoms with Crippen molar-refractivity contribution in [1.82, 2.24) is 9.55 Å². The van der Waals surface area contributed by atoms with Gasteiger partial charge in [-0.3, -0.25) is 4.57 Å². The van der Waals surface area contributed by atoms with Crippen LogP contribution in [0.4, 0.5) is 0 Å². The Kier molecular flexibility index (Phi) is 7.59. The van der Waals surface area contributed by atoms with Crippen molar-refractivity contribution in [3.8, 4) is 17.3 Å². The summed E-state index contributed by atoms with van der Waals surface area (Å²) in [5.41, 5.74) is 7.93. The predicted molar refractivity (Wildman–Crippen MR) is 196 cm³/mol. The van der Waals surface area contributed by atoms with Gasteiger partial charge >= 0.3 is 0 Å². The molecule has 0 unspecified atom stereocenters. The molecule has 0 spiro atoms. The molecular formula is C43H43N3O2. The van der Waals surface area contributed by atoms with E-state index in [1.165, 1.54) is 53.1 Å². The van der Waals surface area contributed by atoms with Gasteiger partial charge in [0.1, 0.15) is 23.4 Å². The topological polar surface area (TPSA) is 48.6 Å². The first kappa shape index (κ1) is 30.4. The minimum atomic E-state index is -0.0625. The number of benzene rings is 4. The van der Waals surface area contributed by atoms with E-state index in [1.807, 2.05) is 6.20 Å². The normalized spacial score (nSPS) is 18.4. The lowest BCUT2D eigenvalue weighted by Gasteiger charge is -2.22. The van der Waals surface area contributed by atoms with Gasteiger partial charge in [-0.15, -0.1) is 0 Å². The van der Waals surface area contributed by atoms with Crippen LogP contribution in [0.25, 0.3) is 27.6 Å². The van der Waals surface area contributed by atoms with Crippen molar-refractivity contribution < 1.29 is 9.47 Å². The molecule has 242 valence electrons. The van der Waals surface area contributed by atoms with Gasteiger partial charge in [-0.1, -0.05) is 75.6 Å². The fourth-order valence-corrected chi connectivity index (χ4v) is 7.62. The Morgan fingerprint density at radius 2 is 1.56 bits per heavy atom. The zero-order valence-corrected chi connectivity index (χ0v) is 28.5. The molecule has 1 fully saturated rings. The Morgan fingerprint density at radius 1 is 0.750 bits per heavy atom. The predicted octanol–water partition coefficient (Wildman–Crippen LogP) is 11.0. The van der Waals surface area contributed by atoms with Crippen LogP contribution in [-0.4, -0.2) is 21.5 Å². The Hall–Kier alpha value is -4.90. The quantitative estimate of drug-likeness (QED) is 0.183. The van der Waals surface area contributed by atoms with Gasteiger partial charge in [0.25, 0.3) is 0 Å². The van der Waals surface area contributed by atoms with Crippen LogP contribution in [0.3, 0.4) is 0 Å². The van der Waals surface area contributed by atoms with Crippen LogP contribution in [-0.2, 0) is 10.2 Å². The second-order valence-corrected chi connectivity index (χ2v) is 14.7. The molecule has 5 heteroatoms. The number of nitrogens with zero attached hydrogens (tertiary/aromatic N) is 3. The number of pyridine rings is 1. The first-order valence-electron chi connectivity index (χ1n) is 17.3. The van der Waals surface area contributed by atoms with E-state index in [-0.39, 0.29) is 17.6 Å². The highest BCUT2D eigenvalue weighted by molar-refractivity contribution is 6.09. The molecule has 2 atom stereocenters. The molecule has 0 amide bonds. The Balaban J connectivity index is 1.17. The van der Waals surface area contributed by atoms with Gasteiger partial charge in [0.2, 0.25) is 5.90 Å². The van der Waals surface area contributed by atoms with Crippen molar-refractivity contribution in [1.29, 1.82) is 0 Å². The summed E-state index contributed by atoms with van der Waals surface area (Å²) >= 11 is 0. The lowest BCUT2D eigenvalue weighted by Crippen LogP contribution is -2.22. The number of hydrogen-bond donors (Lipinski definition) is 0. The third-order valence-electron chi connectivity index (χ3n) is 10.1. The van der Waals surface area contributed by atoms with Crippen molar-refractivity contribution in [3.63, 3.8) is 0 Å². The molecule has 0 N–H and O–H groups in total. The third kappa shape index (κ3) is 5.66. The molecule has 5 nitrogen and oxygen atoms in total. The first-order valence-corrected chi connectivity index (χ1v) is 17.3. The lowest BCUT2D eigenvalue weighted by atomic mass is 9.88. The first-order chi connectivity index (χ1) is 23.2. The van der Waals surface area contributed by atoms with Crippen LogP contribution < -0.4 is 4.74 Å². The van der Waals surface area contributed by atoms with Crippen LogP contribution in [0, 0.1) is 19.8 Å². The largest absolute Gasteiger partial charge is 0.467 e. The van der Waals surface area contributed by atoms with Gasteiger partial charge in [-0.2, -0.15) is 0 Å². The van der Waals surface area contributed by atoms with Gasteiger partial charge in [-0.25, -0.2) is 9.98 Å². The van der Waals surface area contributed by atoms with Crippen LogP contribution in [0.5, 0.6) is 11.5 Å². The van der Waals surface area contributed by atoms with Crippen LogP contribution >= 0.6 is 0 Å². The summed E-state index contributed by atoms with van der Waals surface area (Å²) in [4.78, 5) is 10.1. The fraction of sp³-hybridized carbons (Fsp3) is 0.302. The molecule has 2 aromatic heterocycles. The number of aromatic nitrogens is 2. The van der Waals surface area contributed by atoms with E-state index >= 15 is 0 Å². The van der Waals surface area contributed by atoms with Gasteiger partial charge in [-0.05, 0) is 109 Å². The van der Waals surface area contributed by atoms with Crippen LogP contribution in [0.2, 0.25) is 0 Å². The average molecular weight is 634 g/mol. The fourth-order valence-electron chi connectivity index (χ4n) is 7.62. The van der Waals surface area contributed by atoms with Crippen molar-refractivity contribution in [2.75, 3.05) is 0 Å². The highest BCUT2D eigenvalue weighted by Crippen LogP contribution is 2.42. The summed E-state index contributed by atoms with van der Waals surface area (Å²) in [6, 6.07) is 34.4. The zero-order valence-electron chi connectivity index (χ0n) is 28.5. The summed E-state index contributed by atoms with van der Waals surface area (Å²) < 4.78 is 15.6. The molecule has 48 heavy (non-hydrogen) atoms. The molecule has 1 saturated carbocycles. The standard InChI is InChI=1S/C43H43N3O2/c1-27-15-18-37-36(23-27)35-17-16-33(26-38(35)46(37)39-25-32(19-20-44-39)43(3,4)5)47-34-22-28(2)21-31(24-34)42-45-40(29-11-9-10-12-29)41(48-42)30-13-7-6-8-14-30/h6-8,13-26,29,40-41H,9-12H2,1-5H3/t40-,41+/m1/s1. The van der Waals surface area contributed by atoms with Gasteiger partial charge in [0, 0.05) is 28.6 Å². The second kappa shape index (κ2) is 12.0. The molecule has 3 heterocycles. The number of rotatable bonds is 6. The Morgan fingerprint density at radius 3 is 2.35 bits per heavy atom. The lowest BCUT2D eigenvalue weighted by molar-refractivity contribution is 0.168. The minimum absolute atomic E-state index is 0.00967. The van der Waals surface area contributed by atoms with Crippen molar-refractivity contribution in [3.05, 3.63) is 131 Å². The number of aryl methyl sites for hydroxylation is 2. The monoisotopic (exact) mass is 633 g/mol. The number of hydrogen-bond acceptors (Lipinski definition) is 4. The molecule has 0 bridgehead atoms. The van der Waals surface area contributed by atoms with E-state index in [9.17, 15) is 0 Å². The molecule has 8 rings (SSSR count). The highest BCUT2D eigenvalue weighted by atomic mass is 16.5. The number of fused-ring (bicyclic) bond motifs is 3. The molecule has 1 aliphatic carbocycles. The van der Waals surface area contributed by atoms with E-state index in [4.69, 9.17) is 19.5 Å². The summed E-state index contributed by atoms with van der Waals surface area (Å²) in [6.07, 6.45) is 6.83. The zero-order chi connectivity index (χ0) is 33.0. The van der Waals surface area contributed by atoms with Crippen molar-refractivity contribution in [2.24, 2.45) is 10.9 Å². The third-order valence-corrected chi connectivity index (χ3v) is 10.1. The molecule has 0 saturated heterocycles. The van der Waals surface area contributed by atoms with Crippen molar-refractivity contribution >= 4 is 27.7 Å². The summed E-state index contributed by atoms with van der Waals surface area (Å²) in [5.74, 6) is 3.70. The van der Waals surface area contributed by atoms with E-state index in [0.717, 1.165) is 39.5 Å². The maximum Gasteiger partial charge on any atom is 0.217 e. The maximum absolute atomic E-state index is 6.70. The average Bonchev–Trinajstić information content (AvgIpc) is 3.82. The van der Waals surface area contributed by atoms with Gasteiger partial charge < -0.3 is 9.47 Å². The molecule has 6 aromatic rings.